The summed E-state index contributed by atoms with van der Waals surface area (Å²) in [5.74, 6) is -0.125. The minimum Gasteiger partial charge on any atom is -0.367 e. The van der Waals surface area contributed by atoms with E-state index in [1.807, 2.05) is 36.4 Å². The van der Waals surface area contributed by atoms with E-state index in [1.165, 1.54) is 5.56 Å². The van der Waals surface area contributed by atoms with E-state index < -0.39 is 6.04 Å². The number of rotatable bonds is 6. The molecule has 0 aliphatic carbocycles. The first-order valence-corrected chi connectivity index (χ1v) is 8.68. The van der Waals surface area contributed by atoms with Crippen LogP contribution in [0.2, 0.25) is 5.02 Å². The molecule has 25 heavy (non-hydrogen) atoms. The van der Waals surface area contributed by atoms with Crippen LogP contribution in [0.25, 0.3) is 0 Å². The number of amides is 1. The van der Waals surface area contributed by atoms with Gasteiger partial charge in [-0.2, -0.15) is 5.53 Å². The molecule has 0 spiro atoms. The summed E-state index contributed by atoms with van der Waals surface area (Å²) in [4.78, 5) is 12.5. The van der Waals surface area contributed by atoms with Gasteiger partial charge in [-0.25, -0.2) is 10.9 Å². The lowest BCUT2D eigenvalue weighted by Gasteiger charge is -2.20. The van der Waals surface area contributed by atoms with Crippen molar-refractivity contribution in [2.24, 2.45) is 0 Å². The third-order valence-corrected chi connectivity index (χ3v) is 4.54. The number of hydrazine groups is 2. The SMILES string of the molecule is CCc1ccc(NC2NNNC2C(=O)NCc2ccccc2Cl)cc1. The van der Waals surface area contributed by atoms with Gasteiger partial charge < -0.3 is 10.6 Å². The zero-order chi connectivity index (χ0) is 17.6. The Hall–Kier alpha value is -2.12. The van der Waals surface area contributed by atoms with E-state index in [0.717, 1.165) is 17.7 Å². The molecular formula is C18H22ClN5O. The lowest BCUT2D eigenvalue weighted by Crippen LogP contribution is -2.50. The summed E-state index contributed by atoms with van der Waals surface area (Å²) in [6, 6.07) is 15.2. The third-order valence-electron chi connectivity index (χ3n) is 4.17. The molecule has 2 aromatic rings. The van der Waals surface area contributed by atoms with Gasteiger partial charge >= 0.3 is 0 Å². The maximum atomic E-state index is 12.5. The first-order chi connectivity index (χ1) is 12.2. The van der Waals surface area contributed by atoms with Crippen LogP contribution < -0.4 is 27.0 Å². The van der Waals surface area contributed by atoms with E-state index in [1.54, 1.807) is 0 Å². The molecule has 0 saturated carbocycles. The highest BCUT2D eigenvalue weighted by molar-refractivity contribution is 6.31. The molecule has 0 aromatic heterocycles. The normalized spacial score (nSPS) is 19.6. The van der Waals surface area contributed by atoms with Crippen LogP contribution in [0, 0.1) is 0 Å². The fraction of sp³-hybridized carbons (Fsp3) is 0.278. The summed E-state index contributed by atoms with van der Waals surface area (Å²) < 4.78 is 0. The van der Waals surface area contributed by atoms with Gasteiger partial charge in [-0.3, -0.25) is 4.79 Å². The molecule has 2 aromatic carbocycles. The van der Waals surface area contributed by atoms with Gasteiger partial charge in [0.25, 0.3) is 0 Å². The van der Waals surface area contributed by atoms with Gasteiger partial charge in [-0.1, -0.05) is 48.9 Å². The number of nitrogens with one attached hydrogen (secondary N) is 5. The highest BCUT2D eigenvalue weighted by Crippen LogP contribution is 2.15. The Balaban J connectivity index is 1.58. The summed E-state index contributed by atoms with van der Waals surface area (Å²) in [6.45, 7) is 2.50. The Labute approximate surface area is 152 Å². The maximum Gasteiger partial charge on any atom is 0.242 e. The maximum absolute atomic E-state index is 12.5. The molecule has 1 fully saturated rings. The number of anilines is 1. The predicted molar refractivity (Wildman–Crippen MR) is 99.7 cm³/mol. The first kappa shape index (κ1) is 17.7. The summed E-state index contributed by atoms with van der Waals surface area (Å²) in [7, 11) is 0. The average molecular weight is 360 g/mol. The van der Waals surface area contributed by atoms with Crippen molar-refractivity contribution in [2.45, 2.75) is 32.1 Å². The van der Waals surface area contributed by atoms with Gasteiger partial charge in [0.1, 0.15) is 12.2 Å². The van der Waals surface area contributed by atoms with Crippen LogP contribution in [0.5, 0.6) is 0 Å². The Morgan fingerprint density at radius 3 is 2.60 bits per heavy atom. The van der Waals surface area contributed by atoms with Gasteiger partial charge in [0.2, 0.25) is 5.91 Å². The quantitative estimate of drug-likeness (QED) is 0.545. The number of hydrogen-bond donors (Lipinski definition) is 5. The second kappa shape index (κ2) is 8.31. The molecule has 2 unspecified atom stereocenters. The smallest absolute Gasteiger partial charge is 0.242 e. The van der Waals surface area contributed by atoms with Crippen molar-refractivity contribution < 1.29 is 4.79 Å². The average Bonchev–Trinajstić information content (AvgIpc) is 3.09. The number of carbonyl (C=O) groups is 1. The van der Waals surface area contributed by atoms with Gasteiger partial charge in [0.15, 0.2) is 0 Å². The molecule has 1 heterocycles. The number of halogens is 1. The van der Waals surface area contributed by atoms with Crippen LogP contribution in [-0.4, -0.2) is 18.1 Å². The van der Waals surface area contributed by atoms with Crippen LogP contribution >= 0.6 is 11.6 Å². The van der Waals surface area contributed by atoms with Crippen LogP contribution in [-0.2, 0) is 17.8 Å². The molecule has 132 valence electrons. The Morgan fingerprint density at radius 1 is 1.12 bits per heavy atom. The van der Waals surface area contributed by atoms with Gasteiger partial charge in [0, 0.05) is 17.3 Å². The summed E-state index contributed by atoms with van der Waals surface area (Å²) in [6.07, 6.45) is 0.719. The zero-order valence-corrected chi connectivity index (χ0v) is 14.7. The van der Waals surface area contributed by atoms with Crippen molar-refractivity contribution in [3.05, 3.63) is 64.7 Å². The topological polar surface area (TPSA) is 77.2 Å². The van der Waals surface area contributed by atoms with E-state index in [4.69, 9.17) is 11.6 Å². The van der Waals surface area contributed by atoms with E-state index >= 15 is 0 Å². The van der Waals surface area contributed by atoms with Crippen LogP contribution in [0.15, 0.2) is 48.5 Å². The molecule has 5 N–H and O–H groups in total. The molecule has 1 saturated heterocycles. The Morgan fingerprint density at radius 2 is 1.88 bits per heavy atom. The van der Waals surface area contributed by atoms with Crippen LogP contribution in [0.3, 0.4) is 0 Å². The summed E-state index contributed by atoms with van der Waals surface area (Å²) in [5.41, 5.74) is 11.9. The molecule has 0 radical (unpaired) electrons. The molecule has 2 atom stereocenters. The Kier molecular flexibility index (Phi) is 5.88. The summed E-state index contributed by atoms with van der Waals surface area (Å²) >= 11 is 6.12. The molecule has 6 nitrogen and oxygen atoms in total. The van der Waals surface area contributed by atoms with Gasteiger partial charge in [-0.15, -0.1) is 0 Å². The van der Waals surface area contributed by atoms with E-state index in [0.29, 0.717) is 11.6 Å². The van der Waals surface area contributed by atoms with Gasteiger partial charge in [0.05, 0.1) is 0 Å². The van der Waals surface area contributed by atoms with E-state index in [2.05, 4.69) is 46.1 Å². The van der Waals surface area contributed by atoms with Crippen molar-refractivity contribution in [1.29, 1.82) is 0 Å². The largest absolute Gasteiger partial charge is 0.367 e. The fourth-order valence-corrected chi connectivity index (χ4v) is 2.85. The van der Waals surface area contributed by atoms with Crippen molar-refractivity contribution in [3.8, 4) is 0 Å². The van der Waals surface area contributed by atoms with Crippen molar-refractivity contribution in [3.63, 3.8) is 0 Å². The monoisotopic (exact) mass is 359 g/mol. The molecule has 3 rings (SSSR count). The predicted octanol–water partition coefficient (Wildman–Crippen LogP) is 1.94. The first-order valence-electron chi connectivity index (χ1n) is 8.30. The fourth-order valence-electron chi connectivity index (χ4n) is 2.65. The molecule has 1 amide bonds. The molecule has 0 bridgehead atoms. The minimum atomic E-state index is -0.465. The molecular weight excluding hydrogens is 338 g/mol. The standard InChI is InChI=1S/C18H22ClN5O/c1-2-12-7-9-14(10-8-12)21-17-16(22-24-23-17)18(25)20-11-13-5-3-4-6-15(13)19/h3-10,16-17,21-24H,2,11H2,1H3,(H,20,25). The number of aryl methyl sites for hydroxylation is 1. The van der Waals surface area contributed by atoms with Crippen LogP contribution in [0.1, 0.15) is 18.1 Å². The third kappa shape index (κ3) is 4.49. The van der Waals surface area contributed by atoms with Crippen molar-refractivity contribution in [2.75, 3.05) is 5.32 Å². The Bertz CT molecular complexity index is 722. The number of carbonyl (C=O) groups excluding carboxylic acids is 1. The molecule has 1 aliphatic rings. The second-order valence-corrected chi connectivity index (χ2v) is 6.28. The van der Waals surface area contributed by atoms with E-state index in [9.17, 15) is 4.79 Å². The van der Waals surface area contributed by atoms with E-state index in [-0.39, 0.29) is 12.1 Å². The van der Waals surface area contributed by atoms with Gasteiger partial charge in [-0.05, 0) is 35.7 Å². The number of benzene rings is 2. The highest BCUT2D eigenvalue weighted by Gasteiger charge is 2.32. The minimum absolute atomic E-state index is 0.125. The van der Waals surface area contributed by atoms with Crippen molar-refractivity contribution in [1.82, 2.24) is 21.7 Å². The lowest BCUT2D eigenvalue weighted by atomic mass is 10.1. The lowest BCUT2D eigenvalue weighted by molar-refractivity contribution is -0.123. The van der Waals surface area contributed by atoms with Crippen LogP contribution in [0.4, 0.5) is 5.69 Å². The zero-order valence-electron chi connectivity index (χ0n) is 14.0. The second-order valence-electron chi connectivity index (χ2n) is 5.87. The molecule has 1 aliphatic heterocycles. The highest BCUT2D eigenvalue weighted by atomic mass is 35.5. The van der Waals surface area contributed by atoms with Crippen molar-refractivity contribution >= 4 is 23.2 Å². The molecule has 7 heteroatoms. The summed E-state index contributed by atoms with van der Waals surface area (Å²) in [5, 5.41) is 6.86. The number of hydrogen-bond acceptors (Lipinski definition) is 5.